The summed E-state index contributed by atoms with van der Waals surface area (Å²) >= 11 is 5.29. The van der Waals surface area contributed by atoms with Crippen molar-refractivity contribution in [2.45, 2.75) is 12.1 Å². The molecule has 98 valence electrons. The molecular weight excluding hydrogens is 276 g/mol. The number of carbonyl (C=O) groups is 2. The number of imide groups is 1. The molecule has 0 aliphatic heterocycles. The number of hydrogen-bond acceptors (Lipinski definition) is 7. The molecule has 7 nitrogen and oxygen atoms in total. The highest BCUT2D eigenvalue weighted by Crippen LogP contribution is 2.16. The van der Waals surface area contributed by atoms with Gasteiger partial charge in [-0.05, 0) is 13.2 Å². The molecule has 0 fully saturated rings. The first-order valence-corrected chi connectivity index (χ1v) is 6.54. The lowest BCUT2D eigenvalue weighted by atomic mass is 10.6. The summed E-state index contributed by atoms with van der Waals surface area (Å²) in [6.45, 7) is 1.81. The van der Waals surface area contributed by atoms with Gasteiger partial charge in [0.25, 0.3) is 0 Å². The summed E-state index contributed by atoms with van der Waals surface area (Å²) in [7, 11) is 0. The quantitative estimate of drug-likeness (QED) is 0.500. The van der Waals surface area contributed by atoms with Gasteiger partial charge < -0.3 is 4.74 Å². The lowest BCUT2D eigenvalue weighted by Gasteiger charge is -2.14. The number of aromatic nitrogens is 2. The largest absolute Gasteiger partial charge is 0.450 e. The predicted molar refractivity (Wildman–Crippen MR) is 70.8 cm³/mol. The third kappa shape index (κ3) is 4.08. The van der Waals surface area contributed by atoms with Crippen LogP contribution in [0.2, 0.25) is 0 Å². The number of amides is 3. The SMILES string of the molecule is CCOC(=O)NC(=O)N(S)c1ccnc(SC)n1. The monoisotopic (exact) mass is 288 g/mol. The van der Waals surface area contributed by atoms with Crippen molar-refractivity contribution in [3.8, 4) is 0 Å². The van der Waals surface area contributed by atoms with E-state index >= 15 is 0 Å². The number of nitrogens with one attached hydrogen (secondary N) is 1. The molecule has 0 aromatic carbocycles. The van der Waals surface area contributed by atoms with Gasteiger partial charge in [0, 0.05) is 12.3 Å². The first-order valence-electron chi connectivity index (χ1n) is 4.92. The maximum atomic E-state index is 11.6. The summed E-state index contributed by atoms with van der Waals surface area (Å²) in [6, 6.07) is 0.750. The van der Waals surface area contributed by atoms with Gasteiger partial charge in [-0.3, -0.25) is 0 Å². The van der Waals surface area contributed by atoms with Crippen molar-refractivity contribution in [1.82, 2.24) is 15.3 Å². The summed E-state index contributed by atoms with van der Waals surface area (Å²) in [5.41, 5.74) is 0. The molecule has 0 saturated heterocycles. The van der Waals surface area contributed by atoms with E-state index in [4.69, 9.17) is 0 Å². The summed E-state index contributed by atoms with van der Waals surface area (Å²) in [5, 5.41) is 2.49. The van der Waals surface area contributed by atoms with E-state index in [2.05, 4.69) is 27.5 Å². The number of ether oxygens (including phenoxy) is 1. The molecular formula is C9H12N4O3S2. The highest BCUT2D eigenvalue weighted by atomic mass is 32.2. The van der Waals surface area contributed by atoms with E-state index < -0.39 is 12.1 Å². The molecule has 1 heterocycles. The molecule has 0 spiro atoms. The molecule has 1 aromatic rings. The molecule has 0 bridgehead atoms. The minimum atomic E-state index is -0.833. The Hall–Kier alpha value is -1.48. The summed E-state index contributed by atoms with van der Waals surface area (Å²) < 4.78 is 5.48. The lowest BCUT2D eigenvalue weighted by Crippen LogP contribution is -2.39. The lowest BCUT2D eigenvalue weighted by molar-refractivity contribution is 0.154. The molecule has 9 heteroatoms. The summed E-state index contributed by atoms with van der Waals surface area (Å²) in [6.07, 6.45) is 2.47. The van der Waals surface area contributed by atoms with E-state index in [1.54, 1.807) is 13.2 Å². The number of rotatable bonds is 3. The first kappa shape index (κ1) is 14.6. The van der Waals surface area contributed by atoms with Crippen LogP contribution in [-0.4, -0.2) is 35.0 Å². The van der Waals surface area contributed by atoms with Gasteiger partial charge in [-0.1, -0.05) is 24.6 Å². The van der Waals surface area contributed by atoms with E-state index in [1.165, 1.54) is 24.0 Å². The highest BCUT2D eigenvalue weighted by molar-refractivity contribution is 7.98. The number of carbonyl (C=O) groups excluding carboxylic acids is 2. The Kier molecular flexibility index (Phi) is 5.72. The fraction of sp³-hybridized carbons (Fsp3) is 0.333. The summed E-state index contributed by atoms with van der Waals surface area (Å²) in [4.78, 5) is 30.7. The number of thiol groups is 1. The van der Waals surface area contributed by atoms with Crippen molar-refractivity contribution >= 4 is 42.5 Å². The highest BCUT2D eigenvalue weighted by Gasteiger charge is 2.17. The van der Waals surface area contributed by atoms with Crippen LogP contribution in [0.1, 0.15) is 6.92 Å². The molecule has 1 N–H and O–H groups in total. The third-order valence-electron chi connectivity index (χ3n) is 1.70. The molecule has 0 aliphatic rings. The maximum Gasteiger partial charge on any atom is 0.415 e. The van der Waals surface area contributed by atoms with Crippen LogP contribution in [-0.2, 0) is 4.74 Å². The van der Waals surface area contributed by atoms with Gasteiger partial charge in [-0.25, -0.2) is 29.2 Å². The van der Waals surface area contributed by atoms with Crippen molar-refractivity contribution in [3.05, 3.63) is 12.3 Å². The van der Waals surface area contributed by atoms with Crippen LogP contribution >= 0.6 is 24.6 Å². The van der Waals surface area contributed by atoms with Gasteiger partial charge in [0.15, 0.2) is 11.0 Å². The van der Waals surface area contributed by atoms with Crippen molar-refractivity contribution in [3.63, 3.8) is 0 Å². The summed E-state index contributed by atoms with van der Waals surface area (Å²) in [5.74, 6) is 0.263. The minimum Gasteiger partial charge on any atom is -0.450 e. The van der Waals surface area contributed by atoms with E-state index in [-0.39, 0.29) is 12.4 Å². The molecule has 3 amide bonds. The van der Waals surface area contributed by atoms with Crippen molar-refractivity contribution < 1.29 is 14.3 Å². The standard InChI is InChI=1S/C9H12N4O3S2/c1-3-16-9(15)12-8(14)13(17)6-4-5-10-7(11-6)18-2/h4-5,17H,3H2,1-2H3,(H,12,14,15). The fourth-order valence-corrected chi connectivity index (χ4v) is 1.47. The van der Waals surface area contributed by atoms with E-state index in [0.717, 1.165) is 4.31 Å². The van der Waals surface area contributed by atoms with E-state index in [0.29, 0.717) is 5.16 Å². The van der Waals surface area contributed by atoms with E-state index in [1.807, 2.05) is 5.32 Å². The molecule has 18 heavy (non-hydrogen) atoms. The van der Waals surface area contributed by atoms with Crippen molar-refractivity contribution in [2.24, 2.45) is 0 Å². The number of urea groups is 1. The fourth-order valence-electron chi connectivity index (χ4n) is 0.960. The molecule has 0 atom stereocenters. The van der Waals surface area contributed by atoms with Gasteiger partial charge in [-0.15, -0.1) is 0 Å². The van der Waals surface area contributed by atoms with Gasteiger partial charge >= 0.3 is 12.1 Å². The van der Waals surface area contributed by atoms with Gasteiger partial charge in [0.1, 0.15) is 0 Å². The van der Waals surface area contributed by atoms with Gasteiger partial charge in [0.05, 0.1) is 6.61 Å². The second kappa shape index (κ2) is 7.07. The van der Waals surface area contributed by atoms with Gasteiger partial charge in [0.2, 0.25) is 0 Å². The minimum absolute atomic E-state index is 0.176. The number of anilines is 1. The molecule has 0 saturated carbocycles. The predicted octanol–water partition coefficient (Wildman–Crippen LogP) is 1.72. The molecule has 0 radical (unpaired) electrons. The Balaban J connectivity index is 2.70. The zero-order valence-electron chi connectivity index (χ0n) is 9.78. The van der Waals surface area contributed by atoms with Gasteiger partial charge in [-0.2, -0.15) is 0 Å². The first-order chi connectivity index (χ1) is 8.58. The smallest absolute Gasteiger partial charge is 0.415 e. The van der Waals surface area contributed by atoms with Crippen LogP contribution in [0.5, 0.6) is 0 Å². The second-order valence-electron chi connectivity index (χ2n) is 2.86. The topological polar surface area (TPSA) is 84.4 Å². The van der Waals surface area contributed by atoms with Crippen LogP contribution in [0.3, 0.4) is 0 Å². The number of nitrogens with zero attached hydrogens (tertiary/aromatic N) is 3. The van der Waals surface area contributed by atoms with E-state index in [9.17, 15) is 9.59 Å². The van der Waals surface area contributed by atoms with Crippen molar-refractivity contribution in [2.75, 3.05) is 17.2 Å². The Morgan fingerprint density at radius 1 is 1.61 bits per heavy atom. The maximum absolute atomic E-state index is 11.6. The van der Waals surface area contributed by atoms with Crippen LogP contribution < -0.4 is 9.62 Å². The third-order valence-corrected chi connectivity index (χ3v) is 2.64. The normalized spacial score (nSPS) is 9.72. The Bertz CT molecular complexity index is 444. The van der Waals surface area contributed by atoms with Crippen molar-refractivity contribution in [1.29, 1.82) is 0 Å². The molecule has 0 unspecified atom stereocenters. The van der Waals surface area contributed by atoms with Crippen LogP contribution in [0.4, 0.5) is 15.4 Å². The van der Waals surface area contributed by atoms with Crippen LogP contribution in [0, 0.1) is 0 Å². The number of hydrogen-bond donors (Lipinski definition) is 2. The Morgan fingerprint density at radius 3 is 2.94 bits per heavy atom. The number of thioether (sulfide) groups is 1. The average Bonchev–Trinajstić information content (AvgIpc) is 2.38. The zero-order chi connectivity index (χ0) is 13.5. The average molecular weight is 288 g/mol. The van der Waals surface area contributed by atoms with Crippen LogP contribution in [0.15, 0.2) is 17.4 Å². The van der Waals surface area contributed by atoms with Crippen LogP contribution in [0.25, 0.3) is 0 Å². The Morgan fingerprint density at radius 2 is 2.33 bits per heavy atom. The Labute approximate surface area is 114 Å². The molecule has 0 aliphatic carbocycles. The molecule has 1 aromatic heterocycles. The second-order valence-corrected chi connectivity index (χ2v) is 4.04. The molecule has 1 rings (SSSR count). The zero-order valence-corrected chi connectivity index (χ0v) is 11.5. The number of alkyl carbamates (subject to hydrolysis) is 1.